The Morgan fingerprint density at radius 3 is 2.11 bits per heavy atom. The van der Waals surface area contributed by atoms with Gasteiger partial charge < -0.3 is 0 Å². The van der Waals surface area contributed by atoms with E-state index in [-0.39, 0.29) is 17.7 Å². The van der Waals surface area contributed by atoms with Crippen LogP contribution in [0.15, 0.2) is 29.2 Å². The van der Waals surface area contributed by atoms with Crippen molar-refractivity contribution in [2.75, 3.05) is 0 Å². The minimum Gasteiger partial charge on any atom is -0.263 e. The number of hydrogen-bond acceptors (Lipinski definition) is 4. The molecule has 6 heteroatoms. The molecule has 19 heavy (non-hydrogen) atoms. The maximum Gasteiger partial charge on any atom is 0.323 e. The highest BCUT2D eigenvalue weighted by Gasteiger charge is 2.56. The third-order valence-electron chi connectivity index (χ3n) is 3.80. The smallest absolute Gasteiger partial charge is 0.263 e. The standard InChI is InChI=1S/C13H17NO4S/c1-11-5-7-12(8-6-11)19(17,18)13(14(15)16)9-3-2-4-10-13/h5-8H,2-4,9-10H2,1H3. The second kappa shape index (κ2) is 4.92. The van der Waals surface area contributed by atoms with Crippen LogP contribution in [0, 0.1) is 17.0 Å². The van der Waals surface area contributed by atoms with Crippen molar-refractivity contribution in [3.05, 3.63) is 39.9 Å². The molecule has 1 saturated carbocycles. The van der Waals surface area contributed by atoms with Crippen molar-refractivity contribution >= 4 is 9.84 Å². The van der Waals surface area contributed by atoms with E-state index >= 15 is 0 Å². The number of hydrogen-bond donors (Lipinski definition) is 0. The average Bonchev–Trinajstić information content (AvgIpc) is 2.39. The molecule has 2 rings (SSSR count). The van der Waals surface area contributed by atoms with Gasteiger partial charge in [0.15, 0.2) is 0 Å². The van der Waals surface area contributed by atoms with Crippen LogP contribution in [0.1, 0.15) is 37.7 Å². The molecule has 0 saturated heterocycles. The zero-order valence-electron chi connectivity index (χ0n) is 10.8. The number of sulfone groups is 1. The average molecular weight is 283 g/mol. The zero-order valence-corrected chi connectivity index (χ0v) is 11.6. The van der Waals surface area contributed by atoms with E-state index in [1.165, 1.54) is 12.1 Å². The Morgan fingerprint density at radius 2 is 1.63 bits per heavy atom. The van der Waals surface area contributed by atoms with E-state index in [1.807, 2.05) is 6.92 Å². The molecule has 1 aliphatic carbocycles. The van der Waals surface area contributed by atoms with Gasteiger partial charge in [-0.05, 0) is 31.9 Å². The zero-order chi connectivity index (χ0) is 14.1. The number of nitro groups is 1. The predicted octanol–water partition coefficient (Wildman–Crippen LogP) is 2.71. The summed E-state index contributed by atoms with van der Waals surface area (Å²) < 4.78 is 25.2. The third-order valence-corrected chi connectivity index (χ3v) is 6.25. The van der Waals surface area contributed by atoms with Crippen LogP contribution < -0.4 is 0 Å². The maximum atomic E-state index is 12.6. The van der Waals surface area contributed by atoms with Gasteiger partial charge in [-0.15, -0.1) is 0 Å². The topological polar surface area (TPSA) is 77.3 Å². The summed E-state index contributed by atoms with van der Waals surface area (Å²) in [6.07, 6.45) is 2.25. The molecule has 0 aromatic heterocycles. The Hall–Kier alpha value is -1.43. The molecule has 1 aromatic rings. The predicted molar refractivity (Wildman–Crippen MR) is 71.2 cm³/mol. The van der Waals surface area contributed by atoms with Crippen LogP contribution in [0.5, 0.6) is 0 Å². The Morgan fingerprint density at radius 1 is 1.11 bits per heavy atom. The third kappa shape index (κ3) is 2.25. The SMILES string of the molecule is Cc1ccc(S(=O)(=O)C2([N+](=O)[O-])CCCCC2)cc1. The van der Waals surface area contributed by atoms with Gasteiger partial charge in [-0.1, -0.05) is 24.1 Å². The van der Waals surface area contributed by atoms with Gasteiger partial charge in [-0.2, -0.15) is 0 Å². The molecule has 5 nitrogen and oxygen atoms in total. The van der Waals surface area contributed by atoms with Gasteiger partial charge >= 0.3 is 4.87 Å². The molecule has 0 radical (unpaired) electrons. The lowest BCUT2D eigenvalue weighted by molar-refractivity contribution is -0.545. The van der Waals surface area contributed by atoms with Crippen molar-refractivity contribution in [1.29, 1.82) is 0 Å². The Bertz CT molecular complexity index is 571. The first-order valence-electron chi connectivity index (χ1n) is 6.36. The number of nitrogens with zero attached hydrogens (tertiary/aromatic N) is 1. The quantitative estimate of drug-likeness (QED) is 0.631. The van der Waals surface area contributed by atoms with Crippen LogP contribution in [0.25, 0.3) is 0 Å². The maximum absolute atomic E-state index is 12.6. The lowest BCUT2D eigenvalue weighted by Gasteiger charge is -2.28. The summed E-state index contributed by atoms with van der Waals surface area (Å²) in [6, 6.07) is 6.27. The minimum absolute atomic E-state index is 0.0525. The summed E-state index contributed by atoms with van der Waals surface area (Å²) in [7, 11) is -3.94. The van der Waals surface area contributed by atoms with Gasteiger partial charge in [0, 0.05) is 17.8 Å². The summed E-state index contributed by atoms with van der Waals surface area (Å²) in [6.45, 7) is 1.85. The van der Waals surface area contributed by atoms with E-state index in [0.29, 0.717) is 12.8 Å². The van der Waals surface area contributed by atoms with Crippen LogP contribution in [0.3, 0.4) is 0 Å². The molecule has 0 bridgehead atoms. The molecule has 1 fully saturated rings. The van der Waals surface area contributed by atoms with Gasteiger partial charge in [0.05, 0.1) is 4.90 Å². The van der Waals surface area contributed by atoms with E-state index in [0.717, 1.165) is 12.0 Å². The lowest BCUT2D eigenvalue weighted by atomic mass is 9.95. The first-order valence-corrected chi connectivity index (χ1v) is 7.84. The molecule has 0 aliphatic heterocycles. The monoisotopic (exact) mass is 283 g/mol. The number of rotatable bonds is 3. The van der Waals surface area contributed by atoms with Crippen molar-refractivity contribution in [2.45, 2.75) is 48.8 Å². The normalized spacial score (nSPS) is 19.0. The second-order valence-electron chi connectivity index (χ2n) is 5.08. The fraction of sp³-hybridized carbons (Fsp3) is 0.538. The van der Waals surface area contributed by atoms with Crippen LogP contribution in [0.2, 0.25) is 0 Å². The highest BCUT2D eigenvalue weighted by molar-refractivity contribution is 7.92. The molecule has 0 heterocycles. The largest absolute Gasteiger partial charge is 0.323 e. The van der Waals surface area contributed by atoms with E-state index in [4.69, 9.17) is 0 Å². The Kier molecular flexibility index (Phi) is 3.62. The van der Waals surface area contributed by atoms with E-state index in [9.17, 15) is 18.5 Å². The van der Waals surface area contributed by atoms with Crippen molar-refractivity contribution in [3.63, 3.8) is 0 Å². The minimum atomic E-state index is -3.94. The Labute approximate surface area is 112 Å². The van der Waals surface area contributed by atoms with Crippen molar-refractivity contribution in [3.8, 4) is 0 Å². The summed E-state index contributed by atoms with van der Waals surface area (Å²) in [5.41, 5.74) is 0.928. The first kappa shape index (κ1) is 14.0. The van der Waals surface area contributed by atoms with Gasteiger partial charge in [0.1, 0.15) is 0 Å². The van der Waals surface area contributed by atoms with Gasteiger partial charge in [0.2, 0.25) is 9.84 Å². The van der Waals surface area contributed by atoms with E-state index < -0.39 is 19.6 Å². The lowest BCUT2D eigenvalue weighted by Crippen LogP contribution is -2.47. The molecule has 0 N–H and O–H groups in total. The summed E-state index contributed by atoms with van der Waals surface area (Å²) >= 11 is 0. The summed E-state index contributed by atoms with van der Waals surface area (Å²) in [5, 5.41) is 11.4. The molecular weight excluding hydrogens is 266 g/mol. The highest BCUT2D eigenvalue weighted by atomic mass is 32.2. The van der Waals surface area contributed by atoms with Crippen LogP contribution in [-0.4, -0.2) is 18.2 Å². The molecule has 1 aromatic carbocycles. The summed E-state index contributed by atoms with van der Waals surface area (Å²) in [4.78, 5) is 9.01. The second-order valence-corrected chi connectivity index (χ2v) is 7.32. The van der Waals surface area contributed by atoms with Crippen molar-refractivity contribution < 1.29 is 13.3 Å². The van der Waals surface area contributed by atoms with Gasteiger partial charge in [-0.25, -0.2) is 8.42 Å². The van der Waals surface area contributed by atoms with Crippen molar-refractivity contribution in [2.24, 2.45) is 0 Å². The number of aryl methyl sites for hydroxylation is 1. The Balaban J connectivity index is 2.51. The molecule has 104 valence electrons. The first-order chi connectivity index (χ1) is 8.90. The fourth-order valence-electron chi connectivity index (χ4n) is 2.59. The molecular formula is C13H17NO4S. The van der Waals surface area contributed by atoms with Crippen LogP contribution >= 0.6 is 0 Å². The van der Waals surface area contributed by atoms with E-state index in [1.54, 1.807) is 12.1 Å². The molecule has 1 aliphatic rings. The van der Waals surface area contributed by atoms with Crippen molar-refractivity contribution in [1.82, 2.24) is 0 Å². The fourth-order valence-corrected chi connectivity index (χ4v) is 4.55. The molecule has 0 atom stereocenters. The highest BCUT2D eigenvalue weighted by Crippen LogP contribution is 2.39. The molecule has 0 amide bonds. The van der Waals surface area contributed by atoms with E-state index in [2.05, 4.69) is 0 Å². The van der Waals surface area contributed by atoms with Crippen LogP contribution in [-0.2, 0) is 9.84 Å². The summed E-state index contributed by atoms with van der Waals surface area (Å²) in [5.74, 6) is 0. The van der Waals surface area contributed by atoms with Gasteiger partial charge in [0.25, 0.3) is 0 Å². The molecule has 0 spiro atoms. The molecule has 0 unspecified atom stereocenters. The number of benzene rings is 1. The van der Waals surface area contributed by atoms with Gasteiger partial charge in [-0.3, -0.25) is 10.1 Å². The van der Waals surface area contributed by atoms with Crippen LogP contribution in [0.4, 0.5) is 0 Å².